The highest BCUT2D eigenvalue weighted by molar-refractivity contribution is 5.09. The number of rotatable bonds is 3. The van der Waals surface area contributed by atoms with Crippen LogP contribution in [0.1, 0.15) is 24.8 Å². The fourth-order valence-electron chi connectivity index (χ4n) is 1.83. The summed E-state index contributed by atoms with van der Waals surface area (Å²) in [5.74, 6) is 0.889. The minimum absolute atomic E-state index is 0.889. The topological polar surface area (TPSA) is 12.9 Å². The zero-order chi connectivity index (χ0) is 8.93. The molecule has 0 saturated heterocycles. The Bertz CT molecular complexity index is 268. The zero-order valence-electron chi connectivity index (χ0n) is 7.82. The van der Waals surface area contributed by atoms with E-state index in [9.17, 15) is 0 Å². The van der Waals surface area contributed by atoms with Crippen LogP contribution < -0.4 is 0 Å². The summed E-state index contributed by atoms with van der Waals surface area (Å²) >= 11 is 0. The molecule has 0 saturated carbocycles. The summed E-state index contributed by atoms with van der Waals surface area (Å²) < 4.78 is 0. The minimum atomic E-state index is 0.889. The average Bonchev–Trinajstić information content (AvgIpc) is 2.69. The molecule has 0 aliphatic heterocycles. The summed E-state index contributed by atoms with van der Waals surface area (Å²) in [7, 11) is 0. The molecule has 0 N–H and O–H groups in total. The van der Waals surface area contributed by atoms with Crippen molar-refractivity contribution in [1.29, 1.82) is 0 Å². The first kappa shape index (κ1) is 8.49. The molecule has 1 nitrogen and oxygen atoms in total. The van der Waals surface area contributed by atoms with Crippen LogP contribution in [0, 0.1) is 5.92 Å². The molecule has 0 bridgehead atoms. The largest absolute Gasteiger partial charge is 0.264 e. The first-order chi connectivity index (χ1) is 6.45. The Hall–Kier alpha value is -1.11. The summed E-state index contributed by atoms with van der Waals surface area (Å²) in [6.45, 7) is 0. The van der Waals surface area contributed by atoms with Crippen molar-refractivity contribution in [2.45, 2.75) is 25.7 Å². The van der Waals surface area contributed by atoms with Gasteiger partial charge in [0, 0.05) is 12.4 Å². The van der Waals surface area contributed by atoms with Gasteiger partial charge in [0.2, 0.25) is 0 Å². The molecule has 0 amide bonds. The fraction of sp³-hybridized carbons (Fsp3) is 0.417. The van der Waals surface area contributed by atoms with Crippen molar-refractivity contribution in [3.05, 3.63) is 42.2 Å². The van der Waals surface area contributed by atoms with Gasteiger partial charge in [-0.2, -0.15) is 0 Å². The van der Waals surface area contributed by atoms with Crippen LogP contribution >= 0.6 is 0 Å². The van der Waals surface area contributed by atoms with E-state index in [1.807, 2.05) is 18.5 Å². The lowest BCUT2D eigenvalue weighted by molar-refractivity contribution is 0.521. The lowest BCUT2D eigenvalue weighted by Gasteiger charge is -2.07. The molecule has 1 heterocycles. The fourth-order valence-corrected chi connectivity index (χ4v) is 1.83. The van der Waals surface area contributed by atoms with E-state index in [2.05, 4.69) is 23.2 Å². The Kier molecular flexibility index (Phi) is 2.75. The summed E-state index contributed by atoms with van der Waals surface area (Å²) in [4.78, 5) is 4.11. The zero-order valence-corrected chi connectivity index (χ0v) is 7.82. The van der Waals surface area contributed by atoms with Crippen LogP contribution in [0.5, 0.6) is 0 Å². The Labute approximate surface area is 79.5 Å². The van der Waals surface area contributed by atoms with Crippen LogP contribution in [-0.4, -0.2) is 4.98 Å². The second-order valence-electron chi connectivity index (χ2n) is 3.71. The number of aromatic nitrogens is 1. The third-order valence-electron chi connectivity index (χ3n) is 2.67. The van der Waals surface area contributed by atoms with Gasteiger partial charge in [0.25, 0.3) is 0 Å². The minimum Gasteiger partial charge on any atom is -0.264 e. The molecule has 68 valence electrons. The van der Waals surface area contributed by atoms with E-state index in [1.165, 1.54) is 31.2 Å². The molecule has 0 spiro atoms. The Morgan fingerprint density at radius 1 is 1.31 bits per heavy atom. The molecule has 0 atom stereocenters. The molecule has 1 aromatic rings. The normalized spacial score (nSPS) is 16.6. The lowest BCUT2D eigenvalue weighted by atomic mass is 9.98. The monoisotopic (exact) mass is 173 g/mol. The predicted molar refractivity (Wildman–Crippen MR) is 54.4 cm³/mol. The van der Waals surface area contributed by atoms with Crippen molar-refractivity contribution in [1.82, 2.24) is 4.98 Å². The number of hydrogen-bond donors (Lipinski definition) is 0. The number of allylic oxidation sites excluding steroid dienone is 2. The molecular formula is C12H15N. The van der Waals surface area contributed by atoms with Crippen LogP contribution in [0.15, 0.2) is 36.7 Å². The highest BCUT2D eigenvalue weighted by Gasteiger charge is 2.09. The predicted octanol–water partition coefficient (Wildman–Crippen LogP) is 2.98. The Balaban J connectivity index is 1.80. The van der Waals surface area contributed by atoms with Crippen LogP contribution in [-0.2, 0) is 6.42 Å². The molecule has 0 aromatic carbocycles. The van der Waals surface area contributed by atoms with Crippen LogP contribution in [0.3, 0.4) is 0 Å². The molecule has 1 aliphatic rings. The van der Waals surface area contributed by atoms with E-state index < -0.39 is 0 Å². The van der Waals surface area contributed by atoms with Gasteiger partial charge in [-0.3, -0.25) is 4.98 Å². The highest BCUT2D eigenvalue weighted by Crippen LogP contribution is 2.22. The standard InChI is InChI=1S/C12H15N/c1-2-5-11(4-1)7-8-12-6-3-9-13-10-12/h1-3,6,9-11H,4-5,7-8H2. The van der Waals surface area contributed by atoms with Crippen molar-refractivity contribution < 1.29 is 0 Å². The van der Waals surface area contributed by atoms with Gasteiger partial charge in [-0.1, -0.05) is 18.2 Å². The average molecular weight is 173 g/mol. The van der Waals surface area contributed by atoms with Crippen LogP contribution in [0.4, 0.5) is 0 Å². The third kappa shape index (κ3) is 2.41. The van der Waals surface area contributed by atoms with Crippen molar-refractivity contribution >= 4 is 0 Å². The first-order valence-electron chi connectivity index (χ1n) is 4.99. The van der Waals surface area contributed by atoms with Gasteiger partial charge in [0.05, 0.1) is 0 Å². The smallest absolute Gasteiger partial charge is 0.0299 e. The van der Waals surface area contributed by atoms with E-state index in [4.69, 9.17) is 0 Å². The van der Waals surface area contributed by atoms with E-state index >= 15 is 0 Å². The van der Waals surface area contributed by atoms with Gasteiger partial charge < -0.3 is 0 Å². The van der Waals surface area contributed by atoms with Crippen LogP contribution in [0.2, 0.25) is 0 Å². The molecule has 0 radical (unpaired) electrons. The van der Waals surface area contributed by atoms with Gasteiger partial charge in [0.15, 0.2) is 0 Å². The van der Waals surface area contributed by atoms with E-state index in [1.54, 1.807) is 0 Å². The maximum absolute atomic E-state index is 4.11. The van der Waals surface area contributed by atoms with Gasteiger partial charge in [-0.05, 0) is 43.2 Å². The van der Waals surface area contributed by atoms with Crippen molar-refractivity contribution in [3.63, 3.8) is 0 Å². The molecule has 0 fully saturated rings. The Morgan fingerprint density at radius 2 is 2.15 bits per heavy atom. The number of pyridine rings is 1. The van der Waals surface area contributed by atoms with Crippen molar-refractivity contribution in [3.8, 4) is 0 Å². The molecule has 2 rings (SSSR count). The number of hydrogen-bond acceptors (Lipinski definition) is 1. The molecule has 1 aromatic heterocycles. The number of aryl methyl sites for hydroxylation is 1. The molecule has 13 heavy (non-hydrogen) atoms. The molecule has 1 aliphatic carbocycles. The summed E-state index contributed by atoms with van der Waals surface area (Å²) in [5, 5.41) is 0. The second-order valence-corrected chi connectivity index (χ2v) is 3.71. The van der Waals surface area contributed by atoms with Gasteiger partial charge >= 0.3 is 0 Å². The van der Waals surface area contributed by atoms with Crippen molar-refractivity contribution in [2.24, 2.45) is 5.92 Å². The molecular weight excluding hydrogens is 158 g/mol. The van der Waals surface area contributed by atoms with Gasteiger partial charge in [-0.15, -0.1) is 0 Å². The maximum Gasteiger partial charge on any atom is 0.0299 e. The summed E-state index contributed by atoms with van der Waals surface area (Å²) in [5.41, 5.74) is 1.37. The molecule has 1 heteroatoms. The molecule has 0 unspecified atom stereocenters. The van der Waals surface area contributed by atoms with E-state index in [0.717, 1.165) is 5.92 Å². The highest BCUT2D eigenvalue weighted by atomic mass is 14.6. The first-order valence-corrected chi connectivity index (χ1v) is 4.99. The van der Waals surface area contributed by atoms with Gasteiger partial charge in [-0.25, -0.2) is 0 Å². The SMILES string of the molecule is C1=CCC(CCc2cccnc2)C1. The van der Waals surface area contributed by atoms with Crippen molar-refractivity contribution in [2.75, 3.05) is 0 Å². The van der Waals surface area contributed by atoms with Gasteiger partial charge in [0.1, 0.15) is 0 Å². The second kappa shape index (κ2) is 4.22. The lowest BCUT2D eigenvalue weighted by Crippen LogP contribution is -1.96. The summed E-state index contributed by atoms with van der Waals surface area (Å²) in [6.07, 6.45) is 13.4. The third-order valence-corrected chi connectivity index (χ3v) is 2.67. The summed E-state index contributed by atoms with van der Waals surface area (Å²) in [6, 6.07) is 4.18. The maximum atomic E-state index is 4.11. The van der Waals surface area contributed by atoms with Crippen LogP contribution in [0.25, 0.3) is 0 Å². The van der Waals surface area contributed by atoms with E-state index in [0.29, 0.717) is 0 Å². The Morgan fingerprint density at radius 3 is 2.85 bits per heavy atom. The quantitative estimate of drug-likeness (QED) is 0.640. The van der Waals surface area contributed by atoms with E-state index in [-0.39, 0.29) is 0 Å². The number of nitrogens with zero attached hydrogens (tertiary/aromatic N) is 1.